The Morgan fingerprint density at radius 2 is 1.74 bits per heavy atom. The highest BCUT2D eigenvalue weighted by atomic mass is 16.5. The number of nitrogens with one attached hydrogen (secondary N) is 2. The molecule has 2 N–H and O–H groups in total. The molecule has 1 aliphatic rings. The predicted octanol–water partition coefficient (Wildman–Crippen LogP) is 3.11. The van der Waals surface area contributed by atoms with Crippen molar-refractivity contribution >= 4 is 17.7 Å². The number of fused-ring (bicyclic) bond motifs is 1. The van der Waals surface area contributed by atoms with Gasteiger partial charge < -0.3 is 24.8 Å². The van der Waals surface area contributed by atoms with Crippen LogP contribution in [0, 0.1) is 6.92 Å². The number of hydrogen-bond donors (Lipinski definition) is 2. The van der Waals surface area contributed by atoms with Crippen LogP contribution in [-0.4, -0.2) is 57.9 Å². The SMILES string of the molecule is CCCN1C(=O)c2c(C(=O)NCCc3ccc(C)cc3)ncn2C[C@]1(C)C(=O)NCc1ccc(OC)cc1. The molecule has 0 saturated carbocycles. The lowest BCUT2D eigenvalue weighted by Crippen LogP contribution is -2.64. The van der Waals surface area contributed by atoms with Gasteiger partial charge in [-0.3, -0.25) is 14.4 Å². The second kappa shape index (κ2) is 11.5. The zero-order chi connectivity index (χ0) is 27.3. The van der Waals surface area contributed by atoms with E-state index in [0.717, 1.165) is 16.9 Å². The van der Waals surface area contributed by atoms with Crippen LogP contribution in [-0.2, 0) is 24.3 Å². The number of carbonyl (C=O) groups excluding carboxylic acids is 3. The van der Waals surface area contributed by atoms with E-state index in [9.17, 15) is 14.4 Å². The van der Waals surface area contributed by atoms with Gasteiger partial charge in [-0.15, -0.1) is 0 Å². The molecule has 0 radical (unpaired) electrons. The first-order valence-corrected chi connectivity index (χ1v) is 12.9. The average Bonchev–Trinajstić information content (AvgIpc) is 3.34. The van der Waals surface area contributed by atoms with Crippen molar-refractivity contribution < 1.29 is 19.1 Å². The van der Waals surface area contributed by atoms with Crippen molar-refractivity contribution in [2.45, 2.75) is 52.2 Å². The number of amides is 3. The molecule has 1 aromatic heterocycles. The maximum atomic E-state index is 13.7. The molecule has 3 amide bonds. The van der Waals surface area contributed by atoms with E-state index >= 15 is 0 Å². The number of hydrogen-bond acceptors (Lipinski definition) is 5. The van der Waals surface area contributed by atoms with Gasteiger partial charge in [-0.1, -0.05) is 48.9 Å². The van der Waals surface area contributed by atoms with E-state index < -0.39 is 11.4 Å². The van der Waals surface area contributed by atoms with Crippen molar-refractivity contribution in [2.24, 2.45) is 0 Å². The van der Waals surface area contributed by atoms with Crippen molar-refractivity contribution in [3.05, 3.63) is 82.9 Å². The van der Waals surface area contributed by atoms with Crippen LogP contribution in [0.1, 0.15) is 57.9 Å². The molecule has 0 unspecified atom stereocenters. The molecule has 2 aromatic carbocycles. The molecular weight excluding hydrogens is 482 g/mol. The second-order valence-corrected chi connectivity index (χ2v) is 9.82. The number of carbonyl (C=O) groups is 3. The minimum atomic E-state index is -1.13. The Morgan fingerprint density at radius 3 is 2.39 bits per heavy atom. The van der Waals surface area contributed by atoms with Crippen LogP contribution >= 0.6 is 0 Å². The normalized spacial score (nSPS) is 16.6. The number of aromatic nitrogens is 2. The number of ether oxygens (including phenoxy) is 1. The summed E-state index contributed by atoms with van der Waals surface area (Å²) in [6.07, 6.45) is 2.81. The van der Waals surface area contributed by atoms with E-state index in [1.165, 1.54) is 11.9 Å². The second-order valence-electron chi connectivity index (χ2n) is 9.82. The van der Waals surface area contributed by atoms with E-state index in [-0.39, 0.29) is 29.7 Å². The summed E-state index contributed by atoms with van der Waals surface area (Å²) in [5.41, 5.74) is 2.38. The number of methoxy groups -OCH3 is 1. The van der Waals surface area contributed by atoms with Gasteiger partial charge >= 0.3 is 0 Å². The number of imidazole rings is 1. The largest absolute Gasteiger partial charge is 0.497 e. The molecule has 0 bridgehead atoms. The Kier molecular flexibility index (Phi) is 8.14. The molecule has 1 aliphatic heterocycles. The van der Waals surface area contributed by atoms with Gasteiger partial charge in [-0.05, 0) is 49.9 Å². The molecule has 0 spiro atoms. The van der Waals surface area contributed by atoms with Gasteiger partial charge in [0.25, 0.3) is 11.8 Å². The summed E-state index contributed by atoms with van der Waals surface area (Å²) in [5, 5.41) is 5.86. The Labute approximate surface area is 223 Å². The van der Waals surface area contributed by atoms with E-state index in [1.807, 2.05) is 62.4 Å². The summed E-state index contributed by atoms with van der Waals surface area (Å²) in [5.74, 6) is -0.301. The molecule has 200 valence electrons. The molecular formula is C29H35N5O4. The lowest BCUT2D eigenvalue weighted by Gasteiger charge is -2.43. The first kappa shape index (κ1) is 26.9. The zero-order valence-electron chi connectivity index (χ0n) is 22.4. The zero-order valence-corrected chi connectivity index (χ0v) is 22.4. The number of rotatable bonds is 10. The van der Waals surface area contributed by atoms with Crippen molar-refractivity contribution in [3.8, 4) is 5.75 Å². The average molecular weight is 518 g/mol. The lowest BCUT2D eigenvalue weighted by atomic mass is 9.93. The summed E-state index contributed by atoms with van der Waals surface area (Å²) in [7, 11) is 1.60. The van der Waals surface area contributed by atoms with Gasteiger partial charge in [0.1, 0.15) is 17.0 Å². The first-order chi connectivity index (χ1) is 18.3. The van der Waals surface area contributed by atoms with E-state index in [2.05, 4.69) is 15.6 Å². The predicted molar refractivity (Wildman–Crippen MR) is 144 cm³/mol. The minimum absolute atomic E-state index is 0.0840. The van der Waals surface area contributed by atoms with Gasteiger partial charge in [0, 0.05) is 19.6 Å². The van der Waals surface area contributed by atoms with Gasteiger partial charge in [0.2, 0.25) is 5.91 Å². The highest BCUT2D eigenvalue weighted by Gasteiger charge is 2.48. The first-order valence-electron chi connectivity index (χ1n) is 12.9. The van der Waals surface area contributed by atoms with Crippen LogP contribution in [0.3, 0.4) is 0 Å². The minimum Gasteiger partial charge on any atom is -0.497 e. The standard InChI is InChI=1S/C29H35N5O4/c1-5-16-34-27(36)25-24(26(35)30-15-14-21-8-6-20(2)7-9-21)32-19-33(25)18-29(34,3)28(37)31-17-22-10-12-23(38-4)13-11-22/h6-13,19H,5,14-18H2,1-4H3,(H,30,35)(H,31,37)/t29-/m1/s1. The van der Waals surface area contributed by atoms with Crippen molar-refractivity contribution in [3.63, 3.8) is 0 Å². The van der Waals surface area contributed by atoms with Crippen LogP contribution in [0.2, 0.25) is 0 Å². The van der Waals surface area contributed by atoms with E-state index in [4.69, 9.17) is 4.74 Å². The molecule has 0 saturated heterocycles. The fourth-order valence-electron chi connectivity index (χ4n) is 4.70. The molecule has 9 heteroatoms. The Bertz CT molecular complexity index is 1300. The van der Waals surface area contributed by atoms with Gasteiger partial charge in [-0.25, -0.2) is 4.98 Å². The summed E-state index contributed by atoms with van der Waals surface area (Å²) in [4.78, 5) is 46.0. The molecule has 0 fully saturated rings. The van der Waals surface area contributed by atoms with Crippen molar-refractivity contribution in [2.75, 3.05) is 20.2 Å². The number of benzene rings is 2. The third-order valence-electron chi connectivity index (χ3n) is 6.94. The topological polar surface area (TPSA) is 106 Å². The Balaban J connectivity index is 1.47. The van der Waals surface area contributed by atoms with Crippen molar-refractivity contribution in [1.82, 2.24) is 25.1 Å². The van der Waals surface area contributed by atoms with Crippen LogP contribution in [0.15, 0.2) is 54.9 Å². The summed E-state index contributed by atoms with van der Waals surface area (Å²) >= 11 is 0. The monoisotopic (exact) mass is 517 g/mol. The third-order valence-corrected chi connectivity index (χ3v) is 6.94. The van der Waals surface area contributed by atoms with Crippen LogP contribution in [0.25, 0.3) is 0 Å². The summed E-state index contributed by atoms with van der Waals surface area (Å²) in [6, 6.07) is 15.6. The molecule has 4 rings (SSSR count). The van der Waals surface area contributed by atoms with Crippen LogP contribution in [0.5, 0.6) is 5.75 Å². The van der Waals surface area contributed by atoms with E-state index in [0.29, 0.717) is 32.5 Å². The highest BCUT2D eigenvalue weighted by Crippen LogP contribution is 2.29. The maximum absolute atomic E-state index is 13.7. The molecule has 2 heterocycles. The molecule has 0 aliphatic carbocycles. The molecule has 1 atom stereocenters. The fraction of sp³-hybridized carbons (Fsp3) is 0.379. The van der Waals surface area contributed by atoms with Crippen molar-refractivity contribution in [1.29, 1.82) is 0 Å². The van der Waals surface area contributed by atoms with Crippen LogP contribution in [0.4, 0.5) is 0 Å². The lowest BCUT2D eigenvalue weighted by molar-refractivity contribution is -0.133. The summed E-state index contributed by atoms with van der Waals surface area (Å²) < 4.78 is 6.81. The smallest absolute Gasteiger partial charge is 0.273 e. The van der Waals surface area contributed by atoms with E-state index in [1.54, 1.807) is 23.5 Å². The van der Waals surface area contributed by atoms with Gasteiger partial charge in [0.05, 0.1) is 20.0 Å². The van der Waals surface area contributed by atoms with Gasteiger partial charge in [-0.2, -0.15) is 0 Å². The molecule has 3 aromatic rings. The summed E-state index contributed by atoms with van der Waals surface area (Å²) in [6.45, 7) is 7.06. The Hall–Kier alpha value is -4.14. The quantitative estimate of drug-likeness (QED) is 0.430. The van der Waals surface area contributed by atoms with Crippen LogP contribution < -0.4 is 15.4 Å². The molecule has 38 heavy (non-hydrogen) atoms. The number of aryl methyl sites for hydroxylation is 1. The van der Waals surface area contributed by atoms with Gasteiger partial charge in [0.15, 0.2) is 5.69 Å². The highest BCUT2D eigenvalue weighted by molar-refractivity contribution is 6.07. The maximum Gasteiger partial charge on any atom is 0.273 e. The Morgan fingerprint density at radius 1 is 1.05 bits per heavy atom. The number of nitrogens with zero attached hydrogens (tertiary/aromatic N) is 3. The fourth-order valence-corrected chi connectivity index (χ4v) is 4.70. The molecule has 9 nitrogen and oxygen atoms in total. The third kappa shape index (κ3) is 5.56.